The molecule has 0 spiro atoms. The van der Waals surface area contributed by atoms with Gasteiger partial charge in [0.15, 0.2) is 27.8 Å². The summed E-state index contributed by atoms with van der Waals surface area (Å²) in [5.41, 5.74) is 2.20. The lowest BCUT2D eigenvalue weighted by molar-refractivity contribution is -0.138. The Hall–Kier alpha value is -5.27. The maximum absolute atomic E-state index is 14.3. The Bertz CT molecular complexity index is 1950. The zero-order valence-electron chi connectivity index (χ0n) is 24.7. The van der Waals surface area contributed by atoms with Crippen molar-refractivity contribution in [1.29, 1.82) is 0 Å². The number of terminal acetylenes is 1. The summed E-state index contributed by atoms with van der Waals surface area (Å²) < 4.78 is 29.7. The van der Waals surface area contributed by atoms with Gasteiger partial charge in [-0.15, -0.1) is 6.42 Å². The Morgan fingerprint density at radius 2 is 1.75 bits per heavy atom. The molecule has 2 heterocycles. The molecule has 44 heavy (non-hydrogen) atoms. The molecule has 224 valence electrons. The van der Waals surface area contributed by atoms with Crippen molar-refractivity contribution in [3.05, 3.63) is 109 Å². The maximum Gasteiger partial charge on any atom is 0.338 e. The number of methoxy groups -OCH3 is 3. The topological polar surface area (TPSA) is 97.6 Å². The number of hydrogen-bond donors (Lipinski definition) is 0. The lowest BCUT2D eigenvalue weighted by Crippen LogP contribution is -2.40. The molecule has 0 bridgehead atoms. The minimum absolute atomic E-state index is 0.0190. The summed E-state index contributed by atoms with van der Waals surface area (Å²) in [6, 6.07) is 19.1. The fourth-order valence-corrected chi connectivity index (χ4v) is 5.99. The van der Waals surface area contributed by atoms with E-state index in [0.717, 1.165) is 0 Å². The van der Waals surface area contributed by atoms with Gasteiger partial charge in [0.1, 0.15) is 6.61 Å². The second kappa shape index (κ2) is 13.4. The molecule has 1 aliphatic heterocycles. The van der Waals surface area contributed by atoms with E-state index in [9.17, 15) is 9.59 Å². The molecule has 0 fully saturated rings. The molecule has 1 aromatic heterocycles. The van der Waals surface area contributed by atoms with Gasteiger partial charge in [0.05, 0.1) is 49.8 Å². The largest absolute Gasteiger partial charge is 0.493 e. The van der Waals surface area contributed by atoms with Gasteiger partial charge < -0.3 is 23.7 Å². The molecular formula is C34H30N2O7S. The molecule has 0 amide bonds. The third-order valence-electron chi connectivity index (χ3n) is 6.91. The summed E-state index contributed by atoms with van der Waals surface area (Å²) in [6.45, 7) is 1.89. The van der Waals surface area contributed by atoms with Crippen LogP contribution in [0, 0.1) is 12.3 Å². The van der Waals surface area contributed by atoms with E-state index >= 15 is 0 Å². The second-order valence-electron chi connectivity index (χ2n) is 9.42. The quantitative estimate of drug-likeness (QED) is 0.198. The number of thiazole rings is 1. The number of rotatable bonds is 10. The standard InChI is InChI=1S/C34H30N2O7S/c1-6-18-43-31-23(14-11-15-25(31)40-4)20-27-32(37)36-30(22-16-17-24(39-3)26(19-22)41-5)28(33(38)42-7-2)29(35-34(36)44-27)21-12-9-8-10-13-21/h1,8-17,19-20,30H,7,18H2,2-5H3/b27-20-/t30-/m1/s1. The van der Waals surface area contributed by atoms with Crippen molar-refractivity contribution in [2.45, 2.75) is 13.0 Å². The van der Waals surface area contributed by atoms with Gasteiger partial charge in [0.25, 0.3) is 5.56 Å². The Morgan fingerprint density at radius 1 is 1.00 bits per heavy atom. The van der Waals surface area contributed by atoms with Crippen molar-refractivity contribution >= 4 is 29.1 Å². The Balaban J connectivity index is 1.83. The van der Waals surface area contributed by atoms with E-state index in [1.54, 1.807) is 49.4 Å². The summed E-state index contributed by atoms with van der Waals surface area (Å²) in [4.78, 5) is 33.3. The lowest BCUT2D eigenvalue weighted by Gasteiger charge is -2.26. The van der Waals surface area contributed by atoms with Gasteiger partial charge in [-0.3, -0.25) is 9.36 Å². The number of carbonyl (C=O) groups is 1. The summed E-state index contributed by atoms with van der Waals surface area (Å²) in [6.07, 6.45) is 7.15. The second-order valence-corrected chi connectivity index (χ2v) is 10.4. The number of para-hydroxylation sites is 1. The van der Waals surface area contributed by atoms with Crippen LogP contribution in [0.15, 0.2) is 82.1 Å². The van der Waals surface area contributed by atoms with Crippen LogP contribution in [0.25, 0.3) is 11.8 Å². The average molecular weight is 611 g/mol. The zero-order chi connectivity index (χ0) is 31.2. The van der Waals surface area contributed by atoms with Crippen LogP contribution in [0.4, 0.5) is 0 Å². The SMILES string of the molecule is C#CCOc1c(/C=c2\sc3n(c2=O)[C@H](c2ccc(OC)c(OC)c2)C(C(=O)OCC)=C(c2ccccc2)N=3)cccc1OC. The van der Waals surface area contributed by atoms with Crippen molar-refractivity contribution in [2.75, 3.05) is 34.5 Å². The Morgan fingerprint density at radius 3 is 2.43 bits per heavy atom. The van der Waals surface area contributed by atoms with Crippen molar-refractivity contribution in [2.24, 2.45) is 4.99 Å². The van der Waals surface area contributed by atoms with Crippen LogP contribution in [0.1, 0.15) is 29.7 Å². The summed E-state index contributed by atoms with van der Waals surface area (Å²) in [7, 11) is 4.59. The molecule has 5 rings (SSSR count). The summed E-state index contributed by atoms with van der Waals surface area (Å²) >= 11 is 1.19. The number of fused-ring (bicyclic) bond motifs is 1. The molecule has 0 aliphatic carbocycles. The average Bonchev–Trinajstić information content (AvgIpc) is 3.37. The Labute approximate surface area is 258 Å². The molecule has 0 saturated heterocycles. The van der Waals surface area contributed by atoms with Crippen LogP contribution in [0.2, 0.25) is 0 Å². The predicted molar refractivity (Wildman–Crippen MR) is 168 cm³/mol. The normalized spacial score (nSPS) is 14.2. The molecule has 3 aromatic carbocycles. The van der Waals surface area contributed by atoms with Gasteiger partial charge >= 0.3 is 5.97 Å². The van der Waals surface area contributed by atoms with Crippen molar-refractivity contribution in [3.8, 4) is 35.3 Å². The van der Waals surface area contributed by atoms with E-state index in [1.165, 1.54) is 37.2 Å². The predicted octanol–water partition coefficient (Wildman–Crippen LogP) is 3.97. The van der Waals surface area contributed by atoms with Crippen LogP contribution in [0.3, 0.4) is 0 Å². The van der Waals surface area contributed by atoms with E-state index in [0.29, 0.717) is 54.7 Å². The fraction of sp³-hybridized carbons (Fsp3) is 0.206. The molecule has 4 aromatic rings. The highest BCUT2D eigenvalue weighted by Gasteiger charge is 2.35. The molecule has 0 radical (unpaired) electrons. The highest BCUT2D eigenvalue weighted by Crippen LogP contribution is 2.38. The van der Waals surface area contributed by atoms with E-state index in [-0.39, 0.29) is 24.3 Å². The van der Waals surface area contributed by atoms with Crippen molar-refractivity contribution < 1.29 is 28.5 Å². The maximum atomic E-state index is 14.3. The minimum atomic E-state index is -0.884. The molecule has 0 unspecified atom stereocenters. The van der Waals surface area contributed by atoms with Gasteiger partial charge in [-0.05, 0) is 36.8 Å². The number of ether oxygens (including phenoxy) is 5. The molecule has 1 aliphatic rings. The monoisotopic (exact) mass is 610 g/mol. The van der Waals surface area contributed by atoms with E-state index in [2.05, 4.69) is 5.92 Å². The summed E-state index contributed by atoms with van der Waals surface area (Å²) in [5, 5.41) is 0. The number of hydrogen-bond acceptors (Lipinski definition) is 9. The van der Waals surface area contributed by atoms with Crippen LogP contribution >= 0.6 is 11.3 Å². The first-order valence-corrected chi connectivity index (χ1v) is 14.5. The lowest BCUT2D eigenvalue weighted by atomic mass is 9.93. The highest BCUT2D eigenvalue weighted by atomic mass is 32.1. The smallest absolute Gasteiger partial charge is 0.338 e. The van der Waals surface area contributed by atoms with Crippen LogP contribution in [0.5, 0.6) is 23.0 Å². The van der Waals surface area contributed by atoms with Gasteiger partial charge in [-0.2, -0.15) is 0 Å². The Kier molecular flexibility index (Phi) is 9.17. The van der Waals surface area contributed by atoms with Crippen LogP contribution in [-0.4, -0.2) is 45.1 Å². The van der Waals surface area contributed by atoms with Crippen LogP contribution < -0.4 is 33.8 Å². The first-order valence-electron chi connectivity index (χ1n) is 13.7. The first kappa shape index (κ1) is 30.2. The number of nitrogens with zero attached hydrogens (tertiary/aromatic N) is 2. The minimum Gasteiger partial charge on any atom is -0.493 e. The van der Waals surface area contributed by atoms with Gasteiger partial charge in [-0.25, -0.2) is 9.79 Å². The number of aromatic nitrogens is 1. The van der Waals surface area contributed by atoms with E-state index in [4.69, 9.17) is 35.1 Å². The van der Waals surface area contributed by atoms with Crippen molar-refractivity contribution in [1.82, 2.24) is 4.57 Å². The first-order chi connectivity index (χ1) is 21.4. The molecule has 0 N–H and O–H groups in total. The third-order valence-corrected chi connectivity index (χ3v) is 7.90. The van der Waals surface area contributed by atoms with Crippen LogP contribution in [-0.2, 0) is 9.53 Å². The molecule has 1 atom stereocenters. The third kappa shape index (κ3) is 5.70. The summed E-state index contributed by atoms with van der Waals surface area (Å²) in [5.74, 6) is 3.71. The van der Waals surface area contributed by atoms with Crippen molar-refractivity contribution in [3.63, 3.8) is 0 Å². The van der Waals surface area contributed by atoms with E-state index in [1.807, 2.05) is 30.3 Å². The zero-order valence-corrected chi connectivity index (χ0v) is 25.5. The fourth-order valence-electron chi connectivity index (χ4n) is 5.00. The number of benzene rings is 3. The van der Waals surface area contributed by atoms with E-state index < -0.39 is 12.0 Å². The molecule has 10 heteroatoms. The molecular weight excluding hydrogens is 580 g/mol. The van der Waals surface area contributed by atoms with Gasteiger partial charge in [0.2, 0.25) is 0 Å². The highest BCUT2D eigenvalue weighted by molar-refractivity contribution is 7.07. The molecule has 0 saturated carbocycles. The number of carbonyl (C=O) groups excluding carboxylic acids is 1. The number of esters is 1. The van der Waals surface area contributed by atoms with Gasteiger partial charge in [-0.1, -0.05) is 65.8 Å². The van der Waals surface area contributed by atoms with Gasteiger partial charge in [0, 0.05) is 11.1 Å². The molecule has 9 nitrogen and oxygen atoms in total.